The summed E-state index contributed by atoms with van der Waals surface area (Å²) in [6.07, 6.45) is 4.50. The molecular weight excluding hydrogens is 358 g/mol. The molecule has 2 atom stereocenters. The van der Waals surface area contributed by atoms with Gasteiger partial charge in [-0.2, -0.15) is 11.8 Å². The molecular formula is C20H39N5OS. The molecule has 0 saturated carbocycles. The third kappa shape index (κ3) is 7.53. The standard InChI is InChI=1S/C20H39N5OS/c1-5-21-20(22-7-6-12-27-4)24-10-8-23(9-11-24)16-19(26)25-14-17(2)13-18(3)15-25/h17-18H,5-16H2,1-4H3,(H,21,22). The topological polar surface area (TPSA) is 51.2 Å². The number of guanidine groups is 1. The van der Waals surface area contributed by atoms with Crippen molar-refractivity contribution in [2.45, 2.75) is 33.6 Å². The number of carbonyl (C=O) groups is 1. The molecule has 0 aromatic heterocycles. The van der Waals surface area contributed by atoms with Crippen molar-refractivity contribution in [2.24, 2.45) is 16.8 Å². The number of likely N-dealkylation sites (tertiary alicyclic amines) is 1. The molecule has 0 spiro atoms. The van der Waals surface area contributed by atoms with Gasteiger partial charge < -0.3 is 15.1 Å². The van der Waals surface area contributed by atoms with Crippen LogP contribution in [0.1, 0.15) is 33.6 Å². The van der Waals surface area contributed by atoms with Crippen LogP contribution in [0.5, 0.6) is 0 Å². The molecule has 7 heteroatoms. The van der Waals surface area contributed by atoms with E-state index in [1.807, 2.05) is 11.8 Å². The number of piperidine rings is 1. The summed E-state index contributed by atoms with van der Waals surface area (Å²) in [4.78, 5) is 24.2. The summed E-state index contributed by atoms with van der Waals surface area (Å²) in [5.74, 6) is 3.74. The van der Waals surface area contributed by atoms with Crippen LogP contribution in [-0.2, 0) is 4.79 Å². The summed E-state index contributed by atoms with van der Waals surface area (Å²) in [5, 5.41) is 3.42. The Bertz CT molecular complexity index is 469. The van der Waals surface area contributed by atoms with E-state index in [1.165, 1.54) is 6.42 Å². The van der Waals surface area contributed by atoms with E-state index >= 15 is 0 Å². The molecule has 2 unspecified atom stereocenters. The van der Waals surface area contributed by atoms with E-state index in [9.17, 15) is 4.79 Å². The minimum atomic E-state index is 0.305. The zero-order chi connectivity index (χ0) is 19.6. The maximum atomic E-state index is 12.7. The van der Waals surface area contributed by atoms with E-state index in [4.69, 9.17) is 4.99 Å². The van der Waals surface area contributed by atoms with Gasteiger partial charge in [-0.1, -0.05) is 13.8 Å². The molecule has 0 aromatic rings. The minimum absolute atomic E-state index is 0.305. The van der Waals surface area contributed by atoms with Gasteiger partial charge in [0.25, 0.3) is 0 Å². The first kappa shape index (κ1) is 22.3. The quantitative estimate of drug-likeness (QED) is 0.403. The van der Waals surface area contributed by atoms with E-state index < -0.39 is 0 Å². The molecule has 27 heavy (non-hydrogen) atoms. The Kier molecular flexibility index (Phi) is 9.76. The summed E-state index contributed by atoms with van der Waals surface area (Å²) in [5.41, 5.74) is 0. The zero-order valence-corrected chi connectivity index (χ0v) is 18.6. The Hall–Kier alpha value is -0.950. The monoisotopic (exact) mass is 397 g/mol. The number of hydrogen-bond acceptors (Lipinski definition) is 4. The van der Waals surface area contributed by atoms with Crippen LogP contribution < -0.4 is 5.32 Å². The second kappa shape index (κ2) is 11.8. The summed E-state index contributed by atoms with van der Waals surface area (Å²) >= 11 is 1.87. The van der Waals surface area contributed by atoms with Gasteiger partial charge in [0, 0.05) is 52.4 Å². The number of nitrogens with one attached hydrogen (secondary N) is 1. The van der Waals surface area contributed by atoms with Gasteiger partial charge in [0.1, 0.15) is 0 Å². The Morgan fingerprint density at radius 2 is 1.78 bits per heavy atom. The lowest BCUT2D eigenvalue weighted by atomic mass is 9.92. The van der Waals surface area contributed by atoms with Crippen molar-refractivity contribution in [3.05, 3.63) is 0 Å². The van der Waals surface area contributed by atoms with E-state index in [2.05, 4.69) is 47.0 Å². The van der Waals surface area contributed by atoms with Crippen LogP contribution in [0.2, 0.25) is 0 Å². The van der Waals surface area contributed by atoms with E-state index in [0.29, 0.717) is 24.3 Å². The molecule has 1 amide bonds. The van der Waals surface area contributed by atoms with E-state index in [-0.39, 0.29) is 0 Å². The molecule has 2 aliphatic heterocycles. The smallest absolute Gasteiger partial charge is 0.236 e. The number of thioether (sulfide) groups is 1. The number of rotatable bonds is 7. The highest BCUT2D eigenvalue weighted by molar-refractivity contribution is 7.98. The zero-order valence-electron chi connectivity index (χ0n) is 17.7. The highest BCUT2D eigenvalue weighted by atomic mass is 32.2. The predicted molar refractivity (Wildman–Crippen MR) is 117 cm³/mol. The van der Waals surface area contributed by atoms with Crippen molar-refractivity contribution < 1.29 is 4.79 Å². The first-order valence-corrected chi connectivity index (χ1v) is 11.9. The molecule has 6 nitrogen and oxygen atoms in total. The molecule has 2 rings (SSSR count). The minimum Gasteiger partial charge on any atom is -0.357 e. The summed E-state index contributed by atoms with van der Waals surface area (Å²) in [7, 11) is 0. The van der Waals surface area contributed by atoms with Crippen molar-refractivity contribution in [1.82, 2.24) is 20.0 Å². The fraction of sp³-hybridized carbons (Fsp3) is 0.900. The summed E-state index contributed by atoms with van der Waals surface area (Å²) < 4.78 is 0. The van der Waals surface area contributed by atoms with Gasteiger partial charge in [0.15, 0.2) is 5.96 Å². The number of carbonyl (C=O) groups excluding carboxylic acids is 1. The van der Waals surface area contributed by atoms with Crippen LogP contribution >= 0.6 is 11.8 Å². The van der Waals surface area contributed by atoms with Gasteiger partial charge in [-0.25, -0.2) is 0 Å². The first-order chi connectivity index (χ1) is 13.0. The largest absolute Gasteiger partial charge is 0.357 e. The van der Waals surface area contributed by atoms with Gasteiger partial charge in [-0.05, 0) is 43.6 Å². The number of piperazine rings is 1. The third-order valence-electron chi connectivity index (χ3n) is 5.36. The Morgan fingerprint density at radius 3 is 2.37 bits per heavy atom. The molecule has 0 aromatic carbocycles. The molecule has 0 aliphatic carbocycles. The summed E-state index contributed by atoms with van der Waals surface area (Å²) in [6, 6.07) is 0. The number of amides is 1. The Labute approximate surface area is 170 Å². The van der Waals surface area contributed by atoms with E-state index in [0.717, 1.165) is 70.5 Å². The van der Waals surface area contributed by atoms with Crippen molar-refractivity contribution in [3.63, 3.8) is 0 Å². The first-order valence-electron chi connectivity index (χ1n) is 10.6. The lowest BCUT2D eigenvalue weighted by Crippen LogP contribution is -2.55. The van der Waals surface area contributed by atoms with Crippen LogP contribution in [0.15, 0.2) is 4.99 Å². The van der Waals surface area contributed by atoms with E-state index in [1.54, 1.807) is 0 Å². The molecule has 2 aliphatic rings. The second-order valence-electron chi connectivity index (χ2n) is 8.09. The normalized spacial score (nSPS) is 25.0. The van der Waals surface area contributed by atoms with Gasteiger partial charge in [-0.15, -0.1) is 0 Å². The van der Waals surface area contributed by atoms with Crippen molar-refractivity contribution >= 4 is 23.6 Å². The molecule has 156 valence electrons. The molecule has 2 fully saturated rings. The lowest BCUT2D eigenvalue weighted by Gasteiger charge is -2.39. The molecule has 2 saturated heterocycles. The van der Waals surface area contributed by atoms with Crippen molar-refractivity contribution in [1.29, 1.82) is 0 Å². The van der Waals surface area contributed by atoms with Crippen LogP contribution in [-0.4, -0.2) is 97.5 Å². The highest BCUT2D eigenvalue weighted by Crippen LogP contribution is 2.21. The molecule has 0 radical (unpaired) electrons. The lowest BCUT2D eigenvalue weighted by molar-refractivity contribution is -0.135. The van der Waals surface area contributed by atoms with Gasteiger partial charge in [-0.3, -0.25) is 14.7 Å². The van der Waals surface area contributed by atoms with Crippen LogP contribution in [0, 0.1) is 11.8 Å². The van der Waals surface area contributed by atoms with Crippen LogP contribution in [0.3, 0.4) is 0 Å². The average molecular weight is 398 g/mol. The fourth-order valence-electron chi connectivity index (χ4n) is 4.10. The molecule has 1 N–H and O–H groups in total. The van der Waals surface area contributed by atoms with Gasteiger partial charge >= 0.3 is 0 Å². The van der Waals surface area contributed by atoms with Crippen molar-refractivity contribution in [2.75, 3.05) is 70.9 Å². The SMILES string of the molecule is CCNC(=NCCCSC)N1CCN(CC(=O)N2CC(C)CC(C)C2)CC1. The molecule has 0 bridgehead atoms. The fourth-order valence-corrected chi connectivity index (χ4v) is 4.51. The molecule has 2 heterocycles. The highest BCUT2D eigenvalue weighted by Gasteiger charge is 2.27. The maximum absolute atomic E-state index is 12.7. The Morgan fingerprint density at radius 1 is 1.11 bits per heavy atom. The van der Waals surface area contributed by atoms with Gasteiger partial charge in [0.2, 0.25) is 5.91 Å². The third-order valence-corrected chi connectivity index (χ3v) is 6.05. The van der Waals surface area contributed by atoms with Crippen LogP contribution in [0.4, 0.5) is 0 Å². The number of hydrogen-bond donors (Lipinski definition) is 1. The summed E-state index contributed by atoms with van der Waals surface area (Å²) in [6.45, 7) is 14.6. The number of aliphatic imine (C=N–C) groups is 1. The number of nitrogens with zero attached hydrogens (tertiary/aromatic N) is 4. The van der Waals surface area contributed by atoms with Crippen LogP contribution in [0.25, 0.3) is 0 Å². The maximum Gasteiger partial charge on any atom is 0.236 e. The second-order valence-corrected chi connectivity index (χ2v) is 9.08. The average Bonchev–Trinajstić information content (AvgIpc) is 2.64. The van der Waals surface area contributed by atoms with Crippen molar-refractivity contribution in [3.8, 4) is 0 Å². The predicted octanol–water partition coefficient (Wildman–Crippen LogP) is 1.83. The Balaban J connectivity index is 1.78. The van der Waals surface area contributed by atoms with Gasteiger partial charge in [0.05, 0.1) is 6.54 Å².